The number of hydrogen-bond donors (Lipinski definition) is 1. The molecule has 192 valence electrons. The SMILES string of the molecule is C1OCOCO1.C=CS(=O)(=O)N1CN(S(=O)(=O)C=C)CN(S(=O)(=O)C=C)C1.C=CS(N)(=O)=O. The van der Waals surface area contributed by atoms with E-state index in [9.17, 15) is 33.7 Å². The van der Waals surface area contributed by atoms with Gasteiger partial charge in [-0.2, -0.15) is 12.9 Å². The monoisotopic (exact) mass is 554 g/mol. The maximum Gasteiger partial charge on any atom is 0.238 e. The molecule has 2 N–H and O–H groups in total. The average molecular weight is 555 g/mol. The molecule has 0 unspecified atom stereocenters. The molecule has 0 aromatic heterocycles. The molecule has 2 rings (SSSR count). The topological polar surface area (TPSA) is 200 Å². The van der Waals surface area contributed by atoms with Crippen LogP contribution in [-0.2, 0) is 54.3 Å². The number of nitrogens with two attached hydrogens (primary N) is 1. The van der Waals surface area contributed by atoms with Gasteiger partial charge in [0.1, 0.15) is 0 Å². The molecule has 2 aliphatic heterocycles. The van der Waals surface area contributed by atoms with E-state index in [4.69, 9.17) is 0 Å². The van der Waals surface area contributed by atoms with Crippen molar-refractivity contribution in [1.29, 1.82) is 0 Å². The normalized spacial score (nSPS) is 19.1. The minimum atomic E-state index is -4.01. The lowest BCUT2D eigenvalue weighted by Crippen LogP contribution is -2.58. The fourth-order valence-electron chi connectivity index (χ4n) is 1.74. The van der Waals surface area contributed by atoms with Gasteiger partial charge < -0.3 is 14.2 Å². The number of ether oxygens (including phenoxy) is 3. The van der Waals surface area contributed by atoms with Gasteiger partial charge in [0.15, 0.2) is 20.4 Å². The summed E-state index contributed by atoms with van der Waals surface area (Å²) in [4.78, 5) is 0. The lowest BCUT2D eigenvalue weighted by atomic mass is 10.8. The first-order valence-electron chi connectivity index (χ1n) is 8.32. The van der Waals surface area contributed by atoms with Crippen LogP contribution in [0.3, 0.4) is 0 Å². The molecular weight excluding hydrogens is 528 g/mol. The van der Waals surface area contributed by atoms with Crippen LogP contribution in [0.25, 0.3) is 0 Å². The summed E-state index contributed by atoms with van der Waals surface area (Å²) in [5.41, 5.74) is 0. The predicted molar refractivity (Wildman–Crippen MR) is 119 cm³/mol. The van der Waals surface area contributed by atoms with Crippen LogP contribution < -0.4 is 5.14 Å². The predicted octanol–water partition coefficient (Wildman–Crippen LogP) is -1.46. The molecule has 2 fully saturated rings. The second-order valence-corrected chi connectivity index (χ2v) is 12.8. The van der Waals surface area contributed by atoms with Crippen molar-refractivity contribution in [2.75, 3.05) is 40.4 Å². The van der Waals surface area contributed by atoms with Gasteiger partial charge in [0.05, 0.1) is 20.0 Å². The van der Waals surface area contributed by atoms with Gasteiger partial charge >= 0.3 is 0 Å². The van der Waals surface area contributed by atoms with E-state index in [0.717, 1.165) is 0 Å². The third-order valence-electron chi connectivity index (χ3n) is 3.39. The smallest absolute Gasteiger partial charge is 0.238 e. The number of sulfonamides is 4. The molecule has 0 aliphatic carbocycles. The van der Waals surface area contributed by atoms with Crippen molar-refractivity contribution < 1.29 is 47.9 Å². The van der Waals surface area contributed by atoms with E-state index in [0.29, 0.717) is 54.9 Å². The highest BCUT2D eigenvalue weighted by Crippen LogP contribution is 2.19. The fourth-order valence-corrected chi connectivity index (χ4v) is 4.39. The summed E-state index contributed by atoms with van der Waals surface area (Å²) in [6, 6.07) is 0. The van der Waals surface area contributed by atoms with Crippen LogP contribution >= 0.6 is 0 Å². The highest BCUT2D eigenvalue weighted by molar-refractivity contribution is 7.93. The largest absolute Gasteiger partial charge is 0.329 e. The molecule has 0 bridgehead atoms. The van der Waals surface area contributed by atoms with Crippen molar-refractivity contribution in [1.82, 2.24) is 12.9 Å². The Hall–Kier alpha value is -1.52. The first kappa shape index (κ1) is 31.5. The fraction of sp³-hybridized carbons (Fsp3) is 0.429. The van der Waals surface area contributed by atoms with Gasteiger partial charge in [-0.15, -0.1) is 0 Å². The van der Waals surface area contributed by atoms with Crippen molar-refractivity contribution in [3.8, 4) is 0 Å². The molecule has 0 amide bonds. The zero-order valence-corrected chi connectivity index (χ0v) is 20.7. The van der Waals surface area contributed by atoms with Gasteiger partial charge in [-0.3, -0.25) is 0 Å². The van der Waals surface area contributed by atoms with E-state index >= 15 is 0 Å². The Morgan fingerprint density at radius 1 is 0.545 bits per heavy atom. The van der Waals surface area contributed by atoms with E-state index in [1.54, 1.807) is 0 Å². The second-order valence-electron chi connectivity index (χ2n) is 5.64. The Balaban J connectivity index is 0.000000690. The third-order valence-corrected chi connectivity index (χ3v) is 7.97. The quantitative estimate of drug-likeness (QED) is 0.385. The van der Waals surface area contributed by atoms with Crippen LogP contribution in [0.2, 0.25) is 0 Å². The Morgan fingerprint density at radius 2 is 0.758 bits per heavy atom. The number of nitrogens with zero attached hydrogens (tertiary/aromatic N) is 3. The second kappa shape index (κ2) is 13.4. The molecule has 19 heteroatoms. The van der Waals surface area contributed by atoms with E-state index in [2.05, 4.69) is 45.7 Å². The molecule has 2 saturated heterocycles. The molecule has 33 heavy (non-hydrogen) atoms. The molecular formula is C14H26N4O11S4. The molecule has 0 spiro atoms. The molecule has 0 saturated carbocycles. The van der Waals surface area contributed by atoms with Crippen molar-refractivity contribution >= 4 is 40.1 Å². The van der Waals surface area contributed by atoms with Gasteiger partial charge in [-0.05, 0) is 0 Å². The van der Waals surface area contributed by atoms with Gasteiger partial charge in [0.2, 0.25) is 40.1 Å². The summed E-state index contributed by atoms with van der Waals surface area (Å²) < 4.78 is 106. The number of rotatable bonds is 7. The Bertz CT molecular complexity index is 978. The first-order chi connectivity index (χ1) is 15.1. The van der Waals surface area contributed by atoms with Crippen LogP contribution in [0.15, 0.2) is 47.9 Å². The maximum absolute atomic E-state index is 11.8. The molecule has 2 aliphatic rings. The zero-order valence-electron chi connectivity index (χ0n) is 17.4. The number of primary sulfonamides is 1. The molecule has 0 atom stereocenters. The van der Waals surface area contributed by atoms with Crippen molar-refractivity contribution in [3.05, 3.63) is 47.9 Å². The van der Waals surface area contributed by atoms with Crippen LogP contribution in [0, 0.1) is 0 Å². The van der Waals surface area contributed by atoms with Crippen LogP contribution in [-0.4, -0.2) is 87.0 Å². The first-order valence-corrected chi connectivity index (χ1v) is 14.4. The summed E-state index contributed by atoms with van der Waals surface area (Å²) in [6.07, 6.45) is 0. The van der Waals surface area contributed by atoms with Crippen LogP contribution in [0.5, 0.6) is 0 Å². The van der Waals surface area contributed by atoms with E-state index in [-0.39, 0.29) is 0 Å². The summed E-state index contributed by atoms with van der Waals surface area (Å²) in [5.74, 6) is 0. The van der Waals surface area contributed by atoms with Crippen LogP contribution in [0.1, 0.15) is 0 Å². The third kappa shape index (κ3) is 11.4. The minimum absolute atomic E-state index is 0.375. The highest BCUT2D eigenvalue weighted by atomic mass is 32.2. The Labute approximate surface area is 194 Å². The Kier molecular flexibility index (Phi) is 12.8. The molecule has 0 radical (unpaired) electrons. The standard InChI is InChI=1S/C9H15N3O6S3.C3H6O3.C2H5NO2S/c1-4-19(13,14)10-7-11(20(15,16)5-2)9-12(8-10)21(17,18)6-3;1-4-2-6-3-5-1;1-2-6(3,4)5/h4-6H,1-3,7-9H2;1-3H2;2H,1H2,(H2,3,4,5). The van der Waals surface area contributed by atoms with E-state index < -0.39 is 60.1 Å². The maximum atomic E-state index is 11.8. The average Bonchev–Trinajstić information content (AvgIpc) is 2.80. The van der Waals surface area contributed by atoms with Gasteiger partial charge in [0.25, 0.3) is 0 Å². The van der Waals surface area contributed by atoms with E-state index in [1.165, 1.54) is 0 Å². The van der Waals surface area contributed by atoms with Crippen molar-refractivity contribution in [2.45, 2.75) is 0 Å². The van der Waals surface area contributed by atoms with Gasteiger partial charge in [0, 0.05) is 21.6 Å². The lowest BCUT2D eigenvalue weighted by Gasteiger charge is -2.38. The molecule has 2 heterocycles. The number of hydrogen-bond acceptors (Lipinski definition) is 11. The van der Waals surface area contributed by atoms with E-state index in [1.807, 2.05) is 0 Å². The van der Waals surface area contributed by atoms with Gasteiger partial charge in [-0.25, -0.2) is 38.8 Å². The summed E-state index contributed by atoms with van der Waals surface area (Å²) in [5, 5.41) is 6.90. The summed E-state index contributed by atoms with van der Waals surface area (Å²) in [7, 11) is -15.4. The summed E-state index contributed by atoms with van der Waals surface area (Å²) >= 11 is 0. The highest BCUT2D eigenvalue weighted by Gasteiger charge is 2.38. The Morgan fingerprint density at radius 3 is 0.879 bits per heavy atom. The van der Waals surface area contributed by atoms with Crippen molar-refractivity contribution in [2.24, 2.45) is 5.14 Å². The van der Waals surface area contributed by atoms with Gasteiger partial charge in [-0.1, -0.05) is 26.3 Å². The van der Waals surface area contributed by atoms with Crippen LogP contribution in [0.4, 0.5) is 0 Å². The minimum Gasteiger partial charge on any atom is -0.329 e. The van der Waals surface area contributed by atoms with Crippen molar-refractivity contribution in [3.63, 3.8) is 0 Å². The lowest BCUT2D eigenvalue weighted by molar-refractivity contribution is -0.247. The molecule has 0 aromatic carbocycles. The molecule has 0 aromatic rings. The summed E-state index contributed by atoms with van der Waals surface area (Å²) in [6.45, 7) is 11.8. The molecule has 15 nitrogen and oxygen atoms in total. The zero-order chi connectivity index (χ0) is 25.9.